The lowest BCUT2D eigenvalue weighted by atomic mass is 10.1. The lowest BCUT2D eigenvalue weighted by molar-refractivity contribution is -0.137. The number of hydrogen-bond donors (Lipinski definition) is 0. The van der Waals surface area contributed by atoms with Gasteiger partial charge in [0.05, 0.1) is 18.6 Å². The van der Waals surface area contributed by atoms with Crippen LogP contribution in [0.4, 0.5) is 0 Å². The van der Waals surface area contributed by atoms with Gasteiger partial charge in [-0.05, 0) is 18.2 Å². The summed E-state index contributed by atoms with van der Waals surface area (Å²) in [5.41, 5.74) is 1.83. The fraction of sp³-hybridized carbons (Fsp3) is 0.154. The van der Waals surface area contributed by atoms with Crippen LogP contribution in [0.5, 0.6) is 0 Å². The summed E-state index contributed by atoms with van der Waals surface area (Å²) >= 11 is 4.65. The first-order valence-corrected chi connectivity index (χ1v) is 7.25. The summed E-state index contributed by atoms with van der Waals surface area (Å²) in [7, 11) is 1.36. The largest absolute Gasteiger partial charge is 0.468 e. The van der Waals surface area contributed by atoms with Crippen LogP contribution in [-0.4, -0.2) is 28.8 Å². The first-order chi connectivity index (χ1) is 9.19. The van der Waals surface area contributed by atoms with E-state index >= 15 is 0 Å². The van der Waals surface area contributed by atoms with Crippen LogP contribution >= 0.6 is 27.7 Å². The molecule has 0 spiro atoms. The number of rotatable bonds is 4. The van der Waals surface area contributed by atoms with Crippen molar-refractivity contribution in [2.24, 2.45) is 0 Å². The maximum atomic E-state index is 11.1. The molecule has 0 aliphatic heterocycles. The summed E-state index contributed by atoms with van der Waals surface area (Å²) in [6, 6.07) is 9.70. The second-order valence-electron chi connectivity index (χ2n) is 3.60. The average molecular weight is 339 g/mol. The Kier molecular flexibility index (Phi) is 4.93. The van der Waals surface area contributed by atoms with E-state index in [1.807, 2.05) is 30.3 Å². The normalized spacial score (nSPS) is 10.2. The predicted molar refractivity (Wildman–Crippen MR) is 77.9 cm³/mol. The van der Waals surface area contributed by atoms with E-state index < -0.39 is 0 Å². The zero-order valence-electron chi connectivity index (χ0n) is 10.2. The number of esters is 1. The van der Waals surface area contributed by atoms with Crippen molar-refractivity contribution < 1.29 is 9.53 Å². The summed E-state index contributed by atoms with van der Waals surface area (Å²) in [6.07, 6.45) is 1.68. The first-order valence-electron chi connectivity index (χ1n) is 5.47. The summed E-state index contributed by atoms with van der Waals surface area (Å²) < 4.78 is 5.60. The standard InChI is InChI=1S/C13H11BrN2O2S/c1-18-12(17)8-19-13-15-7-6-11(16-13)9-2-4-10(14)5-3-9/h2-7H,8H2,1H3. The molecule has 0 saturated heterocycles. The average Bonchev–Trinajstić information content (AvgIpc) is 2.46. The van der Waals surface area contributed by atoms with Gasteiger partial charge in [0.25, 0.3) is 0 Å². The number of nitrogens with zero attached hydrogens (tertiary/aromatic N) is 2. The molecule has 98 valence electrons. The Hall–Kier alpha value is -1.40. The number of ether oxygens (including phenoxy) is 1. The van der Waals surface area contributed by atoms with E-state index in [0.717, 1.165) is 15.7 Å². The van der Waals surface area contributed by atoms with Crippen molar-refractivity contribution in [2.45, 2.75) is 5.16 Å². The van der Waals surface area contributed by atoms with Gasteiger partial charge in [-0.3, -0.25) is 4.79 Å². The highest BCUT2D eigenvalue weighted by atomic mass is 79.9. The van der Waals surface area contributed by atoms with Crippen LogP contribution in [0.15, 0.2) is 46.2 Å². The third-order valence-corrected chi connectivity index (χ3v) is 3.68. The molecule has 0 aliphatic carbocycles. The van der Waals surface area contributed by atoms with E-state index in [9.17, 15) is 4.79 Å². The summed E-state index contributed by atoms with van der Waals surface area (Å²) in [6.45, 7) is 0. The molecular formula is C13H11BrN2O2S. The van der Waals surface area contributed by atoms with Gasteiger partial charge in [0.15, 0.2) is 5.16 Å². The fourth-order valence-electron chi connectivity index (χ4n) is 1.37. The van der Waals surface area contributed by atoms with Gasteiger partial charge in [-0.1, -0.05) is 39.8 Å². The molecule has 6 heteroatoms. The van der Waals surface area contributed by atoms with Crippen molar-refractivity contribution in [1.29, 1.82) is 0 Å². The van der Waals surface area contributed by atoms with Crippen molar-refractivity contribution >= 4 is 33.7 Å². The number of benzene rings is 1. The Morgan fingerprint density at radius 2 is 2.05 bits per heavy atom. The van der Waals surface area contributed by atoms with Crippen LogP contribution in [-0.2, 0) is 9.53 Å². The smallest absolute Gasteiger partial charge is 0.316 e. The van der Waals surface area contributed by atoms with Gasteiger partial charge in [0, 0.05) is 16.2 Å². The first kappa shape index (κ1) is 14.0. The Balaban J connectivity index is 2.15. The van der Waals surface area contributed by atoms with Gasteiger partial charge in [-0.2, -0.15) is 0 Å². The molecule has 19 heavy (non-hydrogen) atoms. The van der Waals surface area contributed by atoms with E-state index in [0.29, 0.717) is 5.16 Å². The number of hydrogen-bond acceptors (Lipinski definition) is 5. The highest BCUT2D eigenvalue weighted by Gasteiger charge is 2.06. The van der Waals surface area contributed by atoms with Crippen molar-refractivity contribution in [1.82, 2.24) is 9.97 Å². The maximum Gasteiger partial charge on any atom is 0.316 e. The van der Waals surface area contributed by atoms with E-state index in [1.165, 1.54) is 18.9 Å². The van der Waals surface area contributed by atoms with Gasteiger partial charge in [0.2, 0.25) is 0 Å². The van der Waals surface area contributed by atoms with Crippen LogP contribution in [0, 0.1) is 0 Å². The molecule has 1 aromatic heterocycles. The Labute approximate surface area is 123 Å². The minimum atomic E-state index is -0.289. The summed E-state index contributed by atoms with van der Waals surface area (Å²) in [5, 5.41) is 0.561. The second-order valence-corrected chi connectivity index (χ2v) is 5.45. The molecular weight excluding hydrogens is 328 g/mol. The quantitative estimate of drug-likeness (QED) is 0.487. The van der Waals surface area contributed by atoms with Crippen molar-refractivity contribution in [3.05, 3.63) is 41.0 Å². The van der Waals surface area contributed by atoms with E-state index in [4.69, 9.17) is 0 Å². The lowest BCUT2D eigenvalue weighted by Gasteiger charge is -2.03. The van der Waals surface area contributed by atoms with Crippen LogP contribution < -0.4 is 0 Å². The highest BCUT2D eigenvalue weighted by Crippen LogP contribution is 2.22. The second kappa shape index (κ2) is 6.68. The molecule has 1 aromatic carbocycles. The number of carbonyl (C=O) groups excluding carboxylic acids is 1. The number of thioether (sulfide) groups is 1. The molecule has 0 N–H and O–H groups in total. The summed E-state index contributed by atoms with van der Waals surface area (Å²) in [4.78, 5) is 19.6. The number of halogens is 1. The molecule has 0 atom stereocenters. The third kappa shape index (κ3) is 4.04. The highest BCUT2D eigenvalue weighted by molar-refractivity contribution is 9.10. The number of carbonyl (C=O) groups is 1. The molecule has 2 rings (SSSR count). The predicted octanol–water partition coefficient (Wildman–Crippen LogP) is 3.17. The van der Waals surface area contributed by atoms with Crippen molar-refractivity contribution in [2.75, 3.05) is 12.9 Å². The van der Waals surface area contributed by atoms with E-state index in [2.05, 4.69) is 30.6 Å². The Bertz CT molecular complexity index is 575. The Morgan fingerprint density at radius 3 is 2.74 bits per heavy atom. The topological polar surface area (TPSA) is 52.1 Å². The van der Waals surface area contributed by atoms with Gasteiger partial charge in [-0.25, -0.2) is 9.97 Å². The van der Waals surface area contributed by atoms with Crippen LogP contribution in [0.2, 0.25) is 0 Å². The number of methoxy groups -OCH3 is 1. The third-order valence-electron chi connectivity index (χ3n) is 2.32. The van der Waals surface area contributed by atoms with Gasteiger partial charge in [-0.15, -0.1) is 0 Å². The fourth-order valence-corrected chi connectivity index (χ4v) is 2.30. The molecule has 0 amide bonds. The van der Waals surface area contributed by atoms with Crippen molar-refractivity contribution in [3.8, 4) is 11.3 Å². The van der Waals surface area contributed by atoms with Crippen molar-refractivity contribution in [3.63, 3.8) is 0 Å². The molecule has 0 radical (unpaired) electrons. The van der Waals surface area contributed by atoms with E-state index in [-0.39, 0.29) is 11.7 Å². The minimum absolute atomic E-state index is 0.209. The molecule has 0 fully saturated rings. The lowest BCUT2D eigenvalue weighted by Crippen LogP contribution is -2.03. The zero-order chi connectivity index (χ0) is 13.7. The maximum absolute atomic E-state index is 11.1. The van der Waals surface area contributed by atoms with E-state index in [1.54, 1.807) is 6.20 Å². The molecule has 0 saturated carbocycles. The monoisotopic (exact) mass is 338 g/mol. The number of aromatic nitrogens is 2. The van der Waals surface area contributed by atoms with Crippen LogP contribution in [0.3, 0.4) is 0 Å². The van der Waals surface area contributed by atoms with Gasteiger partial charge < -0.3 is 4.74 Å². The van der Waals surface area contributed by atoms with Gasteiger partial charge >= 0.3 is 5.97 Å². The molecule has 0 aliphatic rings. The SMILES string of the molecule is COC(=O)CSc1nccc(-c2ccc(Br)cc2)n1. The molecule has 4 nitrogen and oxygen atoms in total. The summed E-state index contributed by atoms with van der Waals surface area (Å²) in [5.74, 6) is -0.0806. The van der Waals surface area contributed by atoms with Crippen LogP contribution in [0.1, 0.15) is 0 Å². The molecule has 2 aromatic rings. The zero-order valence-corrected chi connectivity index (χ0v) is 12.6. The minimum Gasteiger partial charge on any atom is -0.468 e. The molecule has 0 unspecified atom stereocenters. The molecule has 1 heterocycles. The molecule has 0 bridgehead atoms. The van der Waals surface area contributed by atoms with Crippen LogP contribution in [0.25, 0.3) is 11.3 Å². The Morgan fingerprint density at radius 1 is 1.32 bits per heavy atom. The van der Waals surface area contributed by atoms with Gasteiger partial charge in [0.1, 0.15) is 0 Å².